The third-order valence-electron chi connectivity index (χ3n) is 4.43. The molecule has 1 aliphatic rings. The van der Waals surface area contributed by atoms with E-state index < -0.39 is 11.0 Å². The minimum absolute atomic E-state index is 0.0866. The molecule has 1 N–H and O–H groups in total. The van der Waals surface area contributed by atoms with Crippen molar-refractivity contribution in [2.24, 2.45) is 0 Å². The van der Waals surface area contributed by atoms with Crippen molar-refractivity contribution < 1.29 is 10.0 Å². The van der Waals surface area contributed by atoms with Crippen molar-refractivity contribution in [3.63, 3.8) is 0 Å². The zero-order valence-electron chi connectivity index (χ0n) is 14.2. The lowest BCUT2D eigenvalue weighted by molar-refractivity contribution is -0.392. The molecule has 9 nitrogen and oxygen atoms in total. The van der Waals surface area contributed by atoms with Crippen molar-refractivity contribution in [3.8, 4) is 0 Å². The van der Waals surface area contributed by atoms with Crippen molar-refractivity contribution in [2.45, 2.75) is 19.6 Å². The molecule has 1 unspecified atom stereocenters. The zero-order valence-corrected chi connectivity index (χ0v) is 14.2. The Labute approximate surface area is 145 Å². The van der Waals surface area contributed by atoms with Crippen LogP contribution in [0.1, 0.15) is 5.82 Å². The molecule has 2 aromatic rings. The van der Waals surface area contributed by atoms with Gasteiger partial charge in [0.25, 0.3) is 0 Å². The van der Waals surface area contributed by atoms with E-state index in [4.69, 9.17) is 0 Å². The van der Waals surface area contributed by atoms with Crippen molar-refractivity contribution in [3.05, 3.63) is 46.5 Å². The molecule has 0 bridgehead atoms. The molecule has 1 aliphatic heterocycles. The van der Waals surface area contributed by atoms with Crippen LogP contribution in [0.4, 0.5) is 11.6 Å². The Hall–Kier alpha value is -2.52. The summed E-state index contributed by atoms with van der Waals surface area (Å²) in [5.74, 6) is 1.41. The minimum Gasteiger partial charge on any atom is -0.388 e. The van der Waals surface area contributed by atoms with Gasteiger partial charge in [-0.1, -0.05) is 6.07 Å². The second kappa shape index (κ2) is 7.58. The molecule has 1 saturated heterocycles. The largest absolute Gasteiger partial charge is 0.388 e. The average Bonchev–Trinajstić information content (AvgIpc) is 2.97. The first-order valence-electron chi connectivity index (χ1n) is 8.27. The van der Waals surface area contributed by atoms with Crippen LogP contribution in [-0.2, 0) is 6.54 Å². The minimum atomic E-state index is -0.687. The highest BCUT2D eigenvalue weighted by molar-refractivity contribution is 5.38. The highest BCUT2D eigenvalue weighted by atomic mass is 16.6. The lowest BCUT2D eigenvalue weighted by Crippen LogP contribution is -2.49. The molecule has 3 heterocycles. The van der Waals surface area contributed by atoms with Crippen molar-refractivity contribution in [1.29, 1.82) is 0 Å². The Balaban J connectivity index is 1.52. The second-order valence-corrected chi connectivity index (χ2v) is 6.16. The summed E-state index contributed by atoms with van der Waals surface area (Å²) in [5.41, 5.74) is 0. The fourth-order valence-electron chi connectivity index (χ4n) is 3.09. The number of imidazole rings is 1. The van der Waals surface area contributed by atoms with Gasteiger partial charge in [0.2, 0.25) is 0 Å². The number of anilines is 1. The topological polar surface area (TPSA) is 101 Å². The number of aliphatic hydroxyl groups is 1. The number of aryl methyl sites for hydroxylation is 1. The van der Waals surface area contributed by atoms with Gasteiger partial charge in [0.05, 0.1) is 0 Å². The van der Waals surface area contributed by atoms with Crippen molar-refractivity contribution in [1.82, 2.24) is 19.4 Å². The van der Waals surface area contributed by atoms with Gasteiger partial charge in [-0.25, -0.2) is 14.5 Å². The van der Waals surface area contributed by atoms with Gasteiger partial charge in [-0.15, -0.1) is 0 Å². The fourth-order valence-corrected chi connectivity index (χ4v) is 3.09. The molecule has 134 valence electrons. The van der Waals surface area contributed by atoms with Crippen LogP contribution in [0.15, 0.2) is 30.6 Å². The number of piperazine rings is 1. The number of hydrogen-bond acceptors (Lipinski definition) is 7. The summed E-state index contributed by atoms with van der Waals surface area (Å²) in [6.07, 6.45) is 2.33. The number of hydrogen-bond donors (Lipinski definition) is 1. The Bertz CT molecular complexity index is 712. The van der Waals surface area contributed by atoms with Gasteiger partial charge in [-0.2, -0.15) is 0 Å². The van der Waals surface area contributed by atoms with E-state index in [0.717, 1.165) is 32.0 Å². The molecule has 3 rings (SSSR count). The maximum Gasteiger partial charge on any atom is 0.342 e. The van der Waals surface area contributed by atoms with Gasteiger partial charge in [-0.3, -0.25) is 4.90 Å². The predicted molar refractivity (Wildman–Crippen MR) is 92.5 cm³/mol. The van der Waals surface area contributed by atoms with E-state index >= 15 is 0 Å². The maximum absolute atomic E-state index is 11.0. The predicted octanol–water partition coefficient (Wildman–Crippen LogP) is 0.678. The summed E-state index contributed by atoms with van der Waals surface area (Å²) in [6, 6.07) is 5.86. The monoisotopic (exact) mass is 346 g/mol. The van der Waals surface area contributed by atoms with E-state index in [9.17, 15) is 15.2 Å². The number of pyridine rings is 1. The summed E-state index contributed by atoms with van der Waals surface area (Å²) in [4.78, 5) is 23.3. The highest BCUT2D eigenvalue weighted by Crippen LogP contribution is 2.16. The molecule has 0 aliphatic carbocycles. The summed E-state index contributed by atoms with van der Waals surface area (Å²) >= 11 is 0. The molecule has 0 spiro atoms. The summed E-state index contributed by atoms with van der Waals surface area (Å²) in [7, 11) is 0. The van der Waals surface area contributed by atoms with Crippen molar-refractivity contribution >= 4 is 11.6 Å². The van der Waals surface area contributed by atoms with Crippen molar-refractivity contribution in [2.75, 3.05) is 37.6 Å². The van der Waals surface area contributed by atoms with Gasteiger partial charge in [0.1, 0.15) is 24.7 Å². The molecule has 0 aromatic carbocycles. The van der Waals surface area contributed by atoms with Gasteiger partial charge >= 0.3 is 5.82 Å². The molecule has 9 heteroatoms. The Morgan fingerprint density at radius 2 is 2.00 bits per heavy atom. The number of β-amino-alcohol motifs (C(OH)–C–C–N with tert-alkyl or cyclic N) is 1. The molecule has 25 heavy (non-hydrogen) atoms. The third-order valence-corrected chi connectivity index (χ3v) is 4.43. The van der Waals surface area contributed by atoms with Gasteiger partial charge < -0.3 is 20.1 Å². The number of aliphatic hydroxyl groups excluding tert-OH is 1. The molecule has 0 radical (unpaired) electrons. The second-order valence-electron chi connectivity index (χ2n) is 6.16. The van der Waals surface area contributed by atoms with Crippen LogP contribution in [0.25, 0.3) is 0 Å². The Kier molecular flexibility index (Phi) is 5.25. The van der Waals surface area contributed by atoms with E-state index in [2.05, 4.69) is 19.8 Å². The van der Waals surface area contributed by atoms with E-state index in [1.807, 2.05) is 18.2 Å². The molecular weight excluding hydrogens is 324 g/mol. The zero-order chi connectivity index (χ0) is 17.8. The first kappa shape index (κ1) is 17.3. The van der Waals surface area contributed by atoms with Crippen LogP contribution in [0.5, 0.6) is 0 Å². The quantitative estimate of drug-likeness (QED) is 0.606. The molecule has 2 aromatic heterocycles. The lowest BCUT2D eigenvalue weighted by atomic mass is 10.2. The number of nitro groups is 1. The van der Waals surface area contributed by atoms with E-state index in [0.29, 0.717) is 12.4 Å². The van der Waals surface area contributed by atoms with E-state index in [1.165, 1.54) is 10.8 Å². The number of nitrogens with zero attached hydrogens (tertiary/aromatic N) is 6. The molecule has 1 atom stereocenters. The van der Waals surface area contributed by atoms with Crippen LogP contribution in [0.3, 0.4) is 0 Å². The van der Waals surface area contributed by atoms with Gasteiger partial charge in [0.15, 0.2) is 5.82 Å². The first-order valence-corrected chi connectivity index (χ1v) is 8.27. The summed E-state index contributed by atoms with van der Waals surface area (Å²) in [5, 5.41) is 21.4. The SMILES string of the molecule is Cc1ncc([N+](=O)[O-])n1CC(O)CN1CCN(c2ccccn2)CC1. The number of rotatable bonds is 6. The van der Waals surface area contributed by atoms with Crippen LogP contribution in [0.2, 0.25) is 0 Å². The normalized spacial score (nSPS) is 16.8. The van der Waals surface area contributed by atoms with Gasteiger partial charge in [0, 0.05) is 45.8 Å². The third kappa shape index (κ3) is 4.12. The Morgan fingerprint density at radius 3 is 2.64 bits per heavy atom. The molecule has 0 saturated carbocycles. The average molecular weight is 346 g/mol. The molecule has 1 fully saturated rings. The first-order chi connectivity index (χ1) is 12.0. The van der Waals surface area contributed by atoms with Crippen LogP contribution >= 0.6 is 0 Å². The smallest absolute Gasteiger partial charge is 0.342 e. The summed E-state index contributed by atoms with van der Waals surface area (Å²) in [6.45, 7) is 5.66. The maximum atomic E-state index is 11.0. The van der Waals surface area contributed by atoms with E-state index in [1.54, 1.807) is 13.1 Å². The highest BCUT2D eigenvalue weighted by Gasteiger charge is 2.24. The number of aromatic nitrogens is 3. The van der Waals surface area contributed by atoms with E-state index in [-0.39, 0.29) is 12.4 Å². The fraction of sp³-hybridized carbons (Fsp3) is 0.500. The molecular formula is C16H22N6O3. The van der Waals surface area contributed by atoms with Crippen LogP contribution < -0.4 is 4.90 Å². The lowest BCUT2D eigenvalue weighted by Gasteiger charge is -2.36. The van der Waals surface area contributed by atoms with Gasteiger partial charge in [-0.05, 0) is 17.1 Å². The van der Waals surface area contributed by atoms with Crippen LogP contribution in [0, 0.1) is 17.0 Å². The summed E-state index contributed by atoms with van der Waals surface area (Å²) < 4.78 is 1.45. The Morgan fingerprint density at radius 1 is 1.24 bits per heavy atom. The molecule has 0 amide bonds. The standard InChI is InChI=1S/C16H22N6O3/c1-13-18-10-16(22(24)25)21(13)12-14(23)11-19-6-8-20(9-7-19)15-4-2-3-5-17-15/h2-5,10,14,23H,6-9,11-12H2,1H3. The van der Waals surface area contributed by atoms with Crippen LogP contribution in [-0.4, -0.2) is 68.3 Å².